The molecule has 0 saturated carbocycles. The fourth-order valence-electron chi connectivity index (χ4n) is 5.82. The van der Waals surface area contributed by atoms with Crippen molar-refractivity contribution in [2.45, 2.75) is 60.3 Å². The zero-order valence-electron chi connectivity index (χ0n) is 29.3. The molecule has 0 amide bonds. The van der Waals surface area contributed by atoms with Crippen molar-refractivity contribution < 1.29 is 17.5 Å². The number of fused-ring (bicyclic) bond motifs is 3. The molecule has 2 aromatic heterocycles. The molecule has 218 valence electrons. The normalized spacial score (nSPS) is 13.7. The molecule has 0 bridgehead atoms. The maximum atomic E-state index is 15.7. The Balaban J connectivity index is 1.51. The van der Waals surface area contributed by atoms with E-state index in [1.54, 1.807) is 23.7 Å². The summed E-state index contributed by atoms with van der Waals surface area (Å²) in [6.07, 6.45) is -1.49. The van der Waals surface area contributed by atoms with Crippen molar-refractivity contribution in [3.8, 4) is 33.5 Å². The third kappa shape index (κ3) is 5.49. The molecule has 0 aliphatic rings. The molecule has 3 heteroatoms. The number of hydrogen-bond acceptors (Lipinski definition) is 1. The van der Waals surface area contributed by atoms with Crippen molar-refractivity contribution in [3.05, 3.63) is 114 Å². The number of furan rings is 1. The SMILES string of the molecule is [2H]c1cc(C([2H])([2H])C(C)(C)C)cc(-c2c(C)ccc3c2oc2c(-c4ccc(-c5ccc(C(C)(C)C)cc5)cc4)c(F)ccc23)[n+]1C. The van der Waals surface area contributed by atoms with Crippen LogP contribution in [0.5, 0.6) is 0 Å². The molecule has 43 heavy (non-hydrogen) atoms. The molecule has 0 radical (unpaired) electrons. The number of aromatic nitrogens is 1. The van der Waals surface area contributed by atoms with E-state index in [0.717, 1.165) is 38.6 Å². The van der Waals surface area contributed by atoms with Crippen molar-refractivity contribution in [1.82, 2.24) is 0 Å². The fraction of sp³-hybridized carbons (Fsp3) is 0.275. The molecule has 4 aromatic carbocycles. The Morgan fingerprint density at radius 3 is 1.91 bits per heavy atom. The highest BCUT2D eigenvalue weighted by Gasteiger charge is 2.24. The van der Waals surface area contributed by atoms with E-state index in [0.29, 0.717) is 28.0 Å². The van der Waals surface area contributed by atoms with Crippen LogP contribution in [0.25, 0.3) is 55.4 Å². The molecule has 2 heterocycles. The summed E-state index contributed by atoms with van der Waals surface area (Å²) in [7, 11) is 1.80. The summed E-state index contributed by atoms with van der Waals surface area (Å²) in [5.74, 6) is -0.369. The van der Waals surface area contributed by atoms with Gasteiger partial charge in [-0.2, -0.15) is 0 Å². The fourth-order valence-corrected chi connectivity index (χ4v) is 5.82. The van der Waals surface area contributed by atoms with Gasteiger partial charge in [0.05, 0.1) is 11.1 Å². The second kappa shape index (κ2) is 10.5. The van der Waals surface area contributed by atoms with Gasteiger partial charge in [-0.15, -0.1) is 0 Å². The van der Waals surface area contributed by atoms with Gasteiger partial charge in [-0.3, -0.25) is 0 Å². The topological polar surface area (TPSA) is 17.0 Å². The number of pyridine rings is 1. The number of benzene rings is 4. The molecule has 0 fully saturated rings. The maximum Gasteiger partial charge on any atom is 0.216 e. The van der Waals surface area contributed by atoms with Crippen LogP contribution < -0.4 is 4.57 Å². The van der Waals surface area contributed by atoms with E-state index in [1.807, 2.05) is 70.2 Å². The van der Waals surface area contributed by atoms with Gasteiger partial charge in [-0.05, 0) is 69.6 Å². The van der Waals surface area contributed by atoms with Crippen molar-refractivity contribution in [3.63, 3.8) is 0 Å². The molecule has 2 nitrogen and oxygen atoms in total. The van der Waals surface area contributed by atoms with Crippen LogP contribution in [0.1, 0.15) is 62.3 Å². The first kappa shape index (κ1) is 25.3. The van der Waals surface area contributed by atoms with Crippen LogP contribution in [0.2, 0.25) is 0 Å². The highest BCUT2D eigenvalue weighted by Crippen LogP contribution is 2.42. The van der Waals surface area contributed by atoms with Gasteiger partial charge >= 0.3 is 0 Å². The molecule has 0 aliphatic heterocycles. The second-order valence-electron chi connectivity index (χ2n) is 13.6. The molecule has 0 N–H and O–H groups in total. The van der Waals surface area contributed by atoms with Gasteiger partial charge in [0, 0.05) is 25.6 Å². The first-order chi connectivity index (χ1) is 21.5. The standard InChI is InChI=1S/C40H41FNO/c1-25-9-18-31-32-19-20-33(41)36(29-12-10-27(11-13-29)28-14-16-30(17-15-28)40(5,6)7)38(32)43-37(31)35(25)34-23-26(21-22-42(34)8)24-39(2,3)4/h9-23H,24H2,1-8H3/q+1/i22D,24D2. The van der Waals surface area contributed by atoms with Crippen LogP contribution in [0.3, 0.4) is 0 Å². The van der Waals surface area contributed by atoms with Crippen molar-refractivity contribution in [1.29, 1.82) is 0 Å². The summed E-state index contributed by atoms with van der Waals surface area (Å²) in [6, 6.07) is 27.2. The van der Waals surface area contributed by atoms with Crippen LogP contribution in [0.4, 0.5) is 4.39 Å². The largest absolute Gasteiger partial charge is 0.454 e. The van der Waals surface area contributed by atoms with Crippen molar-refractivity contribution in [2.24, 2.45) is 12.5 Å². The molecular formula is C40H41FNO+. The van der Waals surface area contributed by atoms with E-state index in [-0.39, 0.29) is 17.4 Å². The molecule has 6 aromatic rings. The quantitative estimate of drug-likeness (QED) is 0.192. The van der Waals surface area contributed by atoms with Crippen LogP contribution in [0.15, 0.2) is 95.5 Å². The lowest BCUT2D eigenvalue weighted by atomic mass is 9.86. The average molecular weight is 574 g/mol. The predicted octanol–water partition coefficient (Wildman–Crippen LogP) is 10.7. The van der Waals surface area contributed by atoms with Crippen molar-refractivity contribution in [2.75, 3.05) is 0 Å². The maximum absolute atomic E-state index is 15.7. The summed E-state index contributed by atoms with van der Waals surface area (Å²) < 4.78 is 50.6. The van der Waals surface area contributed by atoms with Crippen LogP contribution >= 0.6 is 0 Å². The number of hydrogen-bond donors (Lipinski definition) is 0. The Hall–Kier alpha value is -4.24. The highest BCUT2D eigenvalue weighted by molar-refractivity contribution is 6.13. The molecule has 0 unspecified atom stereocenters. The van der Waals surface area contributed by atoms with Gasteiger partial charge in [0.1, 0.15) is 25.4 Å². The van der Waals surface area contributed by atoms with Gasteiger partial charge in [-0.25, -0.2) is 8.96 Å². The summed E-state index contributed by atoms with van der Waals surface area (Å²) in [5, 5.41) is 1.63. The Labute approximate surface area is 259 Å². The van der Waals surface area contributed by atoms with Crippen LogP contribution in [0, 0.1) is 18.2 Å². The number of rotatable bonds is 4. The van der Waals surface area contributed by atoms with E-state index in [4.69, 9.17) is 8.53 Å². The molecule has 0 atom stereocenters. The van der Waals surface area contributed by atoms with E-state index < -0.39 is 11.8 Å². The molecule has 0 spiro atoms. The first-order valence-corrected chi connectivity index (χ1v) is 14.9. The van der Waals surface area contributed by atoms with Crippen molar-refractivity contribution >= 4 is 21.9 Å². The van der Waals surface area contributed by atoms with Crippen LogP contribution in [-0.2, 0) is 18.8 Å². The van der Waals surface area contributed by atoms with Gasteiger partial charge in [0.15, 0.2) is 6.17 Å². The zero-order chi connectivity index (χ0) is 33.3. The Bertz CT molecular complexity index is 2110. The minimum absolute atomic E-state index is 0.0769. The number of nitrogens with zero attached hydrogens (tertiary/aromatic N) is 1. The smallest absolute Gasteiger partial charge is 0.216 e. The van der Waals surface area contributed by atoms with Gasteiger partial charge in [-0.1, -0.05) is 102 Å². The Kier molecular flexibility index (Phi) is 6.16. The third-order valence-corrected chi connectivity index (χ3v) is 8.07. The Morgan fingerprint density at radius 2 is 1.30 bits per heavy atom. The minimum atomic E-state index is -1.68. The van der Waals surface area contributed by atoms with E-state index >= 15 is 4.39 Å². The van der Waals surface area contributed by atoms with E-state index in [9.17, 15) is 0 Å². The number of halogens is 1. The summed E-state index contributed by atoms with van der Waals surface area (Å²) >= 11 is 0. The predicted molar refractivity (Wildman–Crippen MR) is 178 cm³/mol. The monoisotopic (exact) mass is 573 g/mol. The lowest BCUT2D eigenvalue weighted by Gasteiger charge is -2.19. The molecule has 0 saturated heterocycles. The lowest BCUT2D eigenvalue weighted by Crippen LogP contribution is -2.31. The molecular weight excluding hydrogens is 529 g/mol. The minimum Gasteiger partial charge on any atom is -0.454 e. The zero-order valence-corrected chi connectivity index (χ0v) is 26.3. The molecule has 0 aliphatic carbocycles. The van der Waals surface area contributed by atoms with Crippen LogP contribution in [-0.4, -0.2) is 0 Å². The van der Waals surface area contributed by atoms with Gasteiger partial charge in [0.2, 0.25) is 5.69 Å². The van der Waals surface area contributed by atoms with E-state index in [1.165, 1.54) is 11.6 Å². The number of aryl methyl sites for hydroxylation is 1. The Morgan fingerprint density at radius 1 is 0.744 bits per heavy atom. The third-order valence-electron chi connectivity index (χ3n) is 8.07. The summed E-state index contributed by atoms with van der Waals surface area (Å²) in [5.41, 5.74) is 7.75. The summed E-state index contributed by atoms with van der Waals surface area (Å²) in [4.78, 5) is 0. The second-order valence-corrected chi connectivity index (χ2v) is 13.6. The highest BCUT2D eigenvalue weighted by atomic mass is 19.1. The molecule has 6 rings (SSSR count). The summed E-state index contributed by atoms with van der Waals surface area (Å²) in [6.45, 7) is 14.2. The lowest BCUT2D eigenvalue weighted by molar-refractivity contribution is -0.660. The first-order valence-electron chi connectivity index (χ1n) is 16.4. The van der Waals surface area contributed by atoms with Gasteiger partial charge < -0.3 is 4.42 Å². The van der Waals surface area contributed by atoms with Gasteiger partial charge in [0.25, 0.3) is 0 Å². The average Bonchev–Trinajstić information content (AvgIpc) is 3.36. The van der Waals surface area contributed by atoms with E-state index in [2.05, 4.69) is 45.0 Å².